The molecule has 2 N–H and O–H groups in total. The SMILES string of the molecule is CCCNc1ccc(C(=O)O)cc1C(=O)OC. The first kappa shape index (κ1) is 13.0. The lowest BCUT2D eigenvalue weighted by molar-refractivity contribution is 0.0602. The molecule has 0 aliphatic heterocycles. The molecule has 0 bridgehead atoms. The fraction of sp³-hybridized carbons (Fsp3) is 0.333. The first-order chi connectivity index (χ1) is 8.10. The number of carboxylic acids is 1. The molecule has 0 aliphatic carbocycles. The number of hydrogen-bond donors (Lipinski definition) is 2. The summed E-state index contributed by atoms with van der Waals surface area (Å²) in [5.41, 5.74) is 0.886. The summed E-state index contributed by atoms with van der Waals surface area (Å²) in [7, 11) is 1.26. The van der Waals surface area contributed by atoms with Crippen molar-refractivity contribution in [1.29, 1.82) is 0 Å². The van der Waals surface area contributed by atoms with Crippen LogP contribution in [0.1, 0.15) is 34.1 Å². The van der Waals surface area contributed by atoms with Crippen LogP contribution in [0, 0.1) is 0 Å². The van der Waals surface area contributed by atoms with Crippen molar-refractivity contribution in [1.82, 2.24) is 0 Å². The van der Waals surface area contributed by atoms with E-state index in [1.807, 2.05) is 6.92 Å². The molecule has 0 fully saturated rings. The van der Waals surface area contributed by atoms with Crippen LogP contribution < -0.4 is 5.32 Å². The molecule has 92 valence electrons. The topological polar surface area (TPSA) is 75.6 Å². The van der Waals surface area contributed by atoms with E-state index in [1.165, 1.54) is 19.2 Å². The van der Waals surface area contributed by atoms with Gasteiger partial charge in [-0.25, -0.2) is 9.59 Å². The normalized spacial score (nSPS) is 9.76. The van der Waals surface area contributed by atoms with Gasteiger partial charge in [0, 0.05) is 12.2 Å². The number of methoxy groups -OCH3 is 1. The Labute approximate surface area is 99.4 Å². The second-order valence-electron chi connectivity index (χ2n) is 3.48. The number of nitrogens with one attached hydrogen (secondary N) is 1. The molecule has 0 saturated heterocycles. The van der Waals surface area contributed by atoms with Crippen molar-refractivity contribution in [2.75, 3.05) is 19.0 Å². The summed E-state index contributed by atoms with van der Waals surface area (Å²) in [6, 6.07) is 4.34. The van der Waals surface area contributed by atoms with Gasteiger partial charge < -0.3 is 15.2 Å². The molecule has 0 amide bonds. The van der Waals surface area contributed by atoms with Gasteiger partial charge in [0.25, 0.3) is 0 Å². The zero-order valence-electron chi connectivity index (χ0n) is 9.82. The van der Waals surface area contributed by atoms with Crippen LogP contribution in [0.15, 0.2) is 18.2 Å². The van der Waals surface area contributed by atoms with Crippen molar-refractivity contribution in [3.63, 3.8) is 0 Å². The monoisotopic (exact) mass is 237 g/mol. The van der Waals surface area contributed by atoms with Crippen LogP contribution in [0.2, 0.25) is 0 Å². The van der Waals surface area contributed by atoms with Crippen molar-refractivity contribution in [2.24, 2.45) is 0 Å². The minimum atomic E-state index is -1.07. The Kier molecular flexibility index (Phi) is 4.51. The van der Waals surface area contributed by atoms with Gasteiger partial charge in [0.15, 0.2) is 0 Å². The number of hydrogen-bond acceptors (Lipinski definition) is 4. The number of carbonyl (C=O) groups is 2. The molecule has 0 atom stereocenters. The maximum absolute atomic E-state index is 11.5. The van der Waals surface area contributed by atoms with Gasteiger partial charge in [-0.05, 0) is 24.6 Å². The molecule has 1 rings (SSSR count). The largest absolute Gasteiger partial charge is 0.478 e. The summed E-state index contributed by atoms with van der Waals surface area (Å²) in [6.07, 6.45) is 0.904. The molecule has 0 heterocycles. The van der Waals surface area contributed by atoms with Crippen LogP contribution in [0.5, 0.6) is 0 Å². The minimum absolute atomic E-state index is 0.0625. The minimum Gasteiger partial charge on any atom is -0.478 e. The van der Waals surface area contributed by atoms with E-state index >= 15 is 0 Å². The third-order valence-electron chi connectivity index (χ3n) is 2.24. The highest BCUT2D eigenvalue weighted by atomic mass is 16.5. The summed E-state index contributed by atoms with van der Waals surface area (Å²) in [4.78, 5) is 22.3. The Balaban J connectivity index is 3.12. The number of carboxylic acid groups (broad SMARTS) is 1. The van der Waals surface area contributed by atoms with E-state index in [0.29, 0.717) is 12.2 Å². The van der Waals surface area contributed by atoms with E-state index < -0.39 is 11.9 Å². The highest BCUT2D eigenvalue weighted by molar-refractivity contribution is 5.99. The van der Waals surface area contributed by atoms with Gasteiger partial charge >= 0.3 is 11.9 Å². The van der Waals surface area contributed by atoms with Gasteiger partial charge in [-0.15, -0.1) is 0 Å². The summed E-state index contributed by atoms with van der Waals surface area (Å²) in [5.74, 6) is -1.62. The van der Waals surface area contributed by atoms with E-state index in [1.54, 1.807) is 6.07 Å². The highest BCUT2D eigenvalue weighted by Gasteiger charge is 2.14. The maximum Gasteiger partial charge on any atom is 0.339 e. The third-order valence-corrected chi connectivity index (χ3v) is 2.24. The van der Waals surface area contributed by atoms with Crippen LogP contribution in [-0.2, 0) is 4.74 Å². The second kappa shape index (κ2) is 5.89. The quantitative estimate of drug-likeness (QED) is 0.766. The molecule has 17 heavy (non-hydrogen) atoms. The molecule has 0 saturated carbocycles. The van der Waals surface area contributed by atoms with Crippen molar-refractivity contribution in [2.45, 2.75) is 13.3 Å². The summed E-state index contributed by atoms with van der Waals surface area (Å²) < 4.78 is 4.62. The first-order valence-corrected chi connectivity index (χ1v) is 5.29. The summed E-state index contributed by atoms with van der Waals surface area (Å²) >= 11 is 0. The summed E-state index contributed by atoms with van der Waals surface area (Å²) in [6.45, 7) is 2.70. The fourth-order valence-corrected chi connectivity index (χ4v) is 1.37. The van der Waals surface area contributed by atoms with E-state index in [0.717, 1.165) is 6.42 Å². The number of rotatable bonds is 5. The Bertz CT molecular complexity index is 429. The average molecular weight is 237 g/mol. The predicted octanol–water partition coefficient (Wildman–Crippen LogP) is 1.99. The lowest BCUT2D eigenvalue weighted by Gasteiger charge is -2.10. The zero-order valence-corrected chi connectivity index (χ0v) is 9.82. The number of aromatic carboxylic acids is 1. The lowest BCUT2D eigenvalue weighted by atomic mass is 10.1. The Morgan fingerprint density at radius 2 is 2.12 bits per heavy atom. The van der Waals surface area contributed by atoms with Crippen molar-refractivity contribution in [3.8, 4) is 0 Å². The third kappa shape index (κ3) is 3.21. The Morgan fingerprint density at radius 1 is 1.41 bits per heavy atom. The van der Waals surface area contributed by atoms with E-state index in [-0.39, 0.29) is 11.1 Å². The number of benzene rings is 1. The van der Waals surface area contributed by atoms with Crippen molar-refractivity contribution in [3.05, 3.63) is 29.3 Å². The molecule has 0 spiro atoms. The van der Waals surface area contributed by atoms with Crippen molar-refractivity contribution >= 4 is 17.6 Å². The smallest absolute Gasteiger partial charge is 0.339 e. The van der Waals surface area contributed by atoms with E-state index in [4.69, 9.17) is 5.11 Å². The number of esters is 1. The van der Waals surface area contributed by atoms with E-state index in [9.17, 15) is 9.59 Å². The fourth-order valence-electron chi connectivity index (χ4n) is 1.37. The van der Waals surface area contributed by atoms with Gasteiger partial charge in [-0.2, -0.15) is 0 Å². The molecule has 1 aromatic rings. The predicted molar refractivity (Wildman–Crippen MR) is 63.5 cm³/mol. The molecule has 0 aliphatic rings. The lowest BCUT2D eigenvalue weighted by Crippen LogP contribution is -2.10. The molecule has 0 radical (unpaired) electrons. The van der Waals surface area contributed by atoms with Gasteiger partial charge in [0.2, 0.25) is 0 Å². The highest BCUT2D eigenvalue weighted by Crippen LogP contribution is 2.18. The molecule has 5 nitrogen and oxygen atoms in total. The van der Waals surface area contributed by atoms with Gasteiger partial charge in [-0.3, -0.25) is 0 Å². The van der Waals surface area contributed by atoms with Crippen LogP contribution in [0.3, 0.4) is 0 Å². The molecule has 0 unspecified atom stereocenters. The maximum atomic E-state index is 11.5. The van der Waals surface area contributed by atoms with Crippen LogP contribution in [0.25, 0.3) is 0 Å². The number of anilines is 1. The number of ether oxygens (including phenoxy) is 1. The Morgan fingerprint density at radius 3 is 2.65 bits per heavy atom. The average Bonchev–Trinajstić information content (AvgIpc) is 2.35. The van der Waals surface area contributed by atoms with Gasteiger partial charge in [0.1, 0.15) is 0 Å². The first-order valence-electron chi connectivity index (χ1n) is 5.29. The molecular formula is C12H15NO4. The molecule has 1 aromatic carbocycles. The van der Waals surface area contributed by atoms with Crippen molar-refractivity contribution < 1.29 is 19.4 Å². The van der Waals surface area contributed by atoms with Crippen LogP contribution in [-0.4, -0.2) is 30.7 Å². The van der Waals surface area contributed by atoms with Gasteiger partial charge in [0.05, 0.1) is 18.2 Å². The van der Waals surface area contributed by atoms with Crippen LogP contribution >= 0.6 is 0 Å². The summed E-state index contributed by atoms with van der Waals surface area (Å²) in [5, 5.41) is 11.9. The number of carbonyl (C=O) groups excluding carboxylic acids is 1. The second-order valence-corrected chi connectivity index (χ2v) is 3.48. The molecular weight excluding hydrogens is 222 g/mol. The van der Waals surface area contributed by atoms with Crippen LogP contribution in [0.4, 0.5) is 5.69 Å². The molecule has 0 aromatic heterocycles. The Hall–Kier alpha value is -2.04. The van der Waals surface area contributed by atoms with E-state index in [2.05, 4.69) is 10.1 Å². The zero-order chi connectivity index (χ0) is 12.8. The standard InChI is InChI=1S/C12H15NO4/c1-3-6-13-10-5-4-8(11(14)15)7-9(10)12(16)17-2/h4-5,7,13H,3,6H2,1-2H3,(H,14,15). The molecule has 5 heteroatoms. The van der Waals surface area contributed by atoms with Gasteiger partial charge in [-0.1, -0.05) is 6.92 Å².